The largest absolute Gasteiger partial charge is 0.462 e. The summed E-state index contributed by atoms with van der Waals surface area (Å²) in [6, 6.07) is 4.82. The van der Waals surface area contributed by atoms with Gasteiger partial charge in [-0.05, 0) is 39.2 Å². The molecule has 0 saturated carbocycles. The maximum Gasteiger partial charge on any atom is 0.340 e. The Balaban J connectivity index is 3.10. The summed E-state index contributed by atoms with van der Waals surface area (Å²) in [7, 11) is 5.24. The van der Waals surface area contributed by atoms with E-state index in [0.29, 0.717) is 16.9 Å². The van der Waals surface area contributed by atoms with Gasteiger partial charge < -0.3 is 20.3 Å². The van der Waals surface area contributed by atoms with E-state index in [1.807, 2.05) is 0 Å². The third-order valence-electron chi connectivity index (χ3n) is 2.70. The van der Waals surface area contributed by atoms with Crippen LogP contribution < -0.4 is 10.6 Å². The van der Waals surface area contributed by atoms with Crippen LogP contribution in [0.5, 0.6) is 0 Å². The average molecular weight is 279 g/mol. The van der Waals surface area contributed by atoms with Crippen molar-refractivity contribution in [2.75, 3.05) is 44.9 Å². The van der Waals surface area contributed by atoms with Crippen molar-refractivity contribution in [3.63, 3.8) is 0 Å². The van der Waals surface area contributed by atoms with Crippen LogP contribution >= 0.6 is 0 Å². The molecule has 1 rings (SSSR count). The van der Waals surface area contributed by atoms with E-state index in [4.69, 9.17) is 10.5 Å². The quantitative estimate of drug-likeness (QED) is 0.642. The van der Waals surface area contributed by atoms with Gasteiger partial charge in [-0.1, -0.05) is 0 Å². The number of amides is 1. The van der Waals surface area contributed by atoms with Crippen molar-refractivity contribution in [3.8, 4) is 0 Å². The summed E-state index contributed by atoms with van der Waals surface area (Å²) >= 11 is 0. The third kappa shape index (κ3) is 3.96. The van der Waals surface area contributed by atoms with E-state index in [0.717, 1.165) is 0 Å². The molecule has 6 heteroatoms. The zero-order valence-corrected chi connectivity index (χ0v) is 12.3. The summed E-state index contributed by atoms with van der Waals surface area (Å²) in [5, 5.41) is 0. The van der Waals surface area contributed by atoms with Crippen LogP contribution in [0, 0.1) is 0 Å². The molecule has 0 spiro atoms. The number of rotatable bonds is 5. The van der Waals surface area contributed by atoms with Gasteiger partial charge in [0.05, 0.1) is 24.4 Å². The van der Waals surface area contributed by atoms with Crippen molar-refractivity contribution in [2.24, 2.45) is 0 Å². The zero-order valence-electron chi connectivity index (χ0n) is 12.3. The summed E-state index contributed by atoms with van der Waals surface area (Å²) in [4.78, 5) is 27.2. The number of hydrogen-bond acceptors (Lipinski definition) is 5. The lowest BCUT2D eigenvalue weighted by Crippen LogP contribution is -2.35. The summed E-state index contributed by atoms with van der Waals surface area (Å²) in [5.74, 6) is -0.607. The number of anilines is 2. The molecular formula is C14H21N3O3. The number of carbonyl (C=O) groups excluding carboxylic acids is 2. The van der Waals surface area contributed by atoms with E-state index in [9.17, 15) is 9.59 Å². The van der Waals surface area contributed by atoms with E-state index in [2.05, 4.69) is 0 Å². The van der Waals surface area contributed by atoms with Crippen LogP contribution in [0.2, 0.25) is 0 Å². The summed E-state index contributed by atoms with van der Waals surface area (Å²) in [6.45, 7) is 2.25. The Morgan fingerprint density at radius 1 is 1.25 bits per heavy atom. The molecule has 20 heavy (non-hydrogen) atoms. The predicted molar refractivity (Wildman–Crippen MR) is 78.8 cm³/mol. The Morgan fingerprint density at radius 3 is 2.45 bits per heavy atom. The van der Waals surface area contributed by atoms with Crippen molar-refractivity contribution in [2.45, 2.75) is 6.92 Å². The van der Waals surface area contributed by atoms with Crippen LogP contribution in [0.1, 0.15) is 17.3 Å². The number of benzene rings is 1. The second kappa shape index (κ2) is 6.91. The summed E-state index contributed by atoms with van der Waals surface area (Å²) < 4.78 is 4.99. The highest BCUT2D eigenvalue weighted by atomic mass is 16.5. The van der Waals surface area contributed by atoms with Gasteiger partial charge in [0, 0.05) is 12.7 Å². The Bertz CT molecular complexity index is 500. The number of nitrogen functional groups attached to an aromatic ring is 1. The van der Waals surface area contributed by atoms with Gasteiger partial charge in [0.2, 0.25) is 5.91 Å². The van der Waals surface area contributed by atoms with E-state index in [-0.39, 0.29) is 19.1 Å². The molecular weight excluding hydrogens is 258 g/mol. The molecule has 0 aliphatic heterocycles. The molecule has 1 aromatic carbocycles. The Kier molecular flexibility index (Phi) is 5.52. The molecule has 0 bridgehead atoms. The molecule has 0 aliphatic rings. The van der Waals surface area contributed by atoms with Gasteiger partial charge in [-0.2, -0.15) is 0 Å². The molecule has 2 N–H and O–H groups in total. The number of likely N-dealkylation sites (N-methyl/N-ethyl adjacent to an activating group) is 2. The first kappa shape index (κ1) is 16.0. The second-order valence-electron chi connectivity index (χ2n) is 4.69. The number of ether oxygens (including phenoxy) is 1. The average Bonchev–Trinajstić information content (AvgIpc) is 2.37. The highest BCUT2D eigenvalue weighted by Crippen LogP contribution is 2.23. The monoisotopic (exact) mass is 279 g/mol. The van der Waals surface area contributed by atoms with Gasteiger partial charge >= 0.3 is 5.97 Å². The Labute approximate surface area is 119 Å². The van der Waals surface area contributed by atoms with Crippen LogP contribution in [0.3, 0.4) is 0 Å². The van der Waals surface area contributed by atoms with E-state index in [1.165, 1.54) is 11.0 Å². The highest BCUT2D eigenvalue weighted by molar-refractivity contribution is 6.03. The Hall–Kier alpha value is -2.08. The number of carbonyl (C=O) groups is 2. The number of nitrogens with two attached hydrogens (primary N) is 1. The molecule has 0 aromatic heterocycles. The summed E-state index contributed by atoms with van der Waals surface area (Å²) in [6.07, 6.45) is 0. The highest BCUT2D eigenvalue weighted by Gasteiger charge is 2.20. The zero-order chi connectivity index (χ0) is 15.3. The van der Waals surface area contributed by atoms with Gasteiger partial charge in [0.1, 0.15) is 0 Å². The van der Waals surface area contributed by atoms with Crippen LogP contribution in [-0.4, -0.2) is 51.1 Å². The van der Waals surface area contributed by atoms with Crippen LogP contribution in [0.4, 0.5) is 11.4 Å². The van der Waals surface area contributed by atoms with Gasteiger partial charge in [-0.3, -0.25) is 4.79 Å². The van der Waals surface area contributed by atoms with Gasteiger partial charge in [0.15, 0.2) is 0 Å². The molecule has 1 aromatic rings. The topological polar surface area (TPSA) is 75.9 Å². The molecule has 0 radical (unpaired) electrons. The lowest BCUT2D eigenvalue weighted by atomic mass is 10.1. The maximum absolute atomic E-state index is 12.1. The number of nitrogens with zero attached hydrogens (tertiary/aromatic N) is 2. The first-order valence-corrected chi connectivity index (χ1v) is 6.34. The fraction of sp³-hybridized carbons (Fsp3) is 0.429. The fourth-order valence-corrected chi connectivity index (χ4v) is 1.73. The lowest BCUT2D eigenvalue weighted by molar-refractivity contribution is -0.118. The second-order valence-corrected chi connectivity index (χ2v) is 4.69. The van der Waals surface area contributed by atoms with E-state index < -0.39 is 5.97 Å². The SMILES string of the molecule is CCOC(=O)c1cc(N)ccc1N(C)C(=O)CN(C)C. The number of hydrogen-bond donors (Lipinski definition) is 1. The van der Waals surface area contributed by atoms with Crippen molar-refractivity contribution >= 4 is 23.3 Å². The standard InChI is InChI=1S/C14H21N3O3/c1-5-20-14(19)11-8-10(15)6-7-12(11)17(4)13(18)9-16(2)3/h6-8H,5,9,15H2,1-4H3. The lowest BCUT2D eigenvalue weighted by Gasteiger charge is -2.22. The molecule has 0 saturated heterocycles. The first-order chi connectivity index (χ1) is 9.36. The van der Waals surface area contributed by atoms with Crippen molar-refractivity contribution < 1.29 is 14.3 Å². The van der Waals surface area contributed by atoms with E-state index in [1.54, 1.807) is 45.1 Å². The molecule has 6 nitrogen and oxygen atoms in total. The van der Waals surface area contributed by atoms with E-state index >= 15 is 0 Å². The summed E-state index contributed by atoms with van der Waals surface area (Å²) in [5.41, 5.74) is 6.93. The third-order valence-corrected chi connectivity index (χ3v) is 2.70. The van der Waals surface area contributed by atoms with Crippen molar-refractivity contribution in [3.05, 3.63) is 23.8 Å². The van der Waals surface area contributed by atoms with Crippen LogP contribution in [0.15, 0.2) is 18.2 Å². The fourth-order valence-electron chi connectivity index (χ4n) is 1.73. The molecule has 0 atom stereocenters. The van der Waals surface area contributed by atoms with Gasteiger partial charge in [-0.15, -0.1) is 0 Å². The van der Waals surface area contributed by atoms with Crippen LogP contribution in [0.25, 0.3) is 0 Å². The minimum absolute atomic E-state index is 0.120. The Morgan fingerprint density at radius 2 is 1.90 bits per heavy atom. The normalized spacial score (nSPS) is 10.4. The van der Waals surface area contributed by atoms with Gasteiger partial charge in [0.25, 0.3) is 0 Å². The van der Waals surface area contributed by atoms with Gasteiger partial charge in [-0.25, -0.2) is 4.79 Å². The minimum Gasteiger partial charge on any atom is -0.462 e. The molecule has 110 valence electrons. The first-order valence-electron chi connectivity index (χ1n) is 6.34. The molecule has 0 unspecified atom stereocenters. The predicted octanol–water partition coefficient (Wildman–Crippen LogP) is 0.970. The minimum atomic E-state index is -0.487. The molecule has 0 heterocycles. The smallest absolute Gasteiger partial charge is 0.340 e. The van der Waals surface area contributed by atoms with Crippen molar-refractivity contribution in [1.29, 1.82) is 0 Å². The maximum atomic E-state index is 12.1. The number of esters is 1. The molecule has 0 fully saturated rings. The van der Waals surface area contributed by atoms with Crippen LogP contribution in [-0.2, 0) is 9.53 Å². The molecule has 0 aliphatic carbocycles. The van der Waals surface area contributed by atoms with Crippen molar-refractivity contribution in [1.82, 2.24) is 4.90 Å². The molecule has 1 amide bonds.